The van der Waals surface area contributed by atoms with E-state index in [1.807, 2.05) is 107 Å². The average molecular weight is 457 g/mol. The third kappa shape index (κ3) is 5.25. The fourth-order valence-electron chi connectivity index (χ4n) is 3.87. The molecule has 1 amide bonds. The van der Waals surface area contributed by atoms with Crippen molar-refractivity contribution in [2.45, 2.75) is 59.0 Å². The summed E-state index contributed by atoms with van der Waals surface area (Å²) < 4.78 is 18.2. The Labute approximate surface area is 202 Å². The zero-order valence-corrected chi connectivity index (χ0v) is 20.6. The summed E-state index contributed by atoms with van der Waals surface area (Å²) in [4.78, 5) is 13.1. The SMILES string of the molecule is Cc1c(B2OC(C)(C)C(C)(C)O2)cccc1C(=O)Nc1ccc(COCc2ccccc2)cc1. The Kier molecular flexibility index (Phi) is 6.94. The lowest BCUT2D eigenvalue weighted by Gasteiger charge is -2.32. The maximum Gasteiger partial charge on any atom is 0.495 e. The van der Waals surface area contributed by atoms with Gasteiger partial charge in [-0.05, 0) is 75.0 Å². The number of carbonyl (C=O) groups excluding carboxylic acids is 1. The van der Waals surface area contributed by atoms with Gasteiger partial charge in [0, 0.05) is 11.3 Å². The summed E-state index contributed by atoms with van der Waals surface area (Å²) in [5.74, 6) is -0.163. The molecule has 3 aromatic rings. The molecule has 0 unspecified atom stereocenters. The summed E-state index contributed by atoms with van der Waals surface area (Å²) in [6.07, 6.45) is 0. The molecule has 0 radical (unpaired) electrons. The van der Waals surface area contributed by atoms with Gasteiger partial charge in [-0.3, -0.25) is 4.79 Å². The highest BCUT2D eigenvalue weighted by Crippen LogP contribution is 2.36. The van der Waals surface area contributed by atoms with Crippen molar-refractivity contribution in [2.24, 2.45) is 0 Å². The highest BCUT2D eigenvalue weighted by molar-refractivity contribution is 6.62. The van der Waals surface area contributed by atoms with Gasteiger partial charge in [0.2, 0.25) is 0 Å². The second-order valence-electron chi connectivity index (χ2n) is 9.74. The number of hydrogen-bond acceptors (Lipinski definition) is 4. The van der Waals surface area contributed by atoms with E-state index in [9.17, 15) is 4.79 Å². The third-order valence-electron chi connectivity index (χ3n) is 6.72. The molecule has 176 valence electrons. The van der Waals surface area contributed by atoms with E-state index in [0.29, 0.717) is 18.8 Å². The van der Waals surface area contributed by atoms with E-state index in [4.69, 9.17) is 14.0 Å². The van der Waals surface area contributed by atoms with E-state index >= 15 is 0 Å². The molecule has 4 rings (SSSR count). The number of hydrogen-bond donors (Lipinski definition) is 1. The lowest BCUT2D eigenvalue weighted by atomic mass is 9.75. The van der Waals surface area contributed by atoms with Crippen LogP contribution in [-0.2, 0) is 27.3 Å². The molecule has 0 atom stereocenters. The molecule has 3 aromatic carbocycles. The standard InChI is InChI=1S/C28H32BNO4/c1-20-24(12-9-13-25(20)29-33-27(2,3)28(4,5)34-29)26(31)30-23-16-14-22(15-17-23)19-32-18-21-10-7-6-8-11-21/h6-17H,18-19H2,1-5H3,(H,30,31). The Bertz CT molecular complexity index is 1130. The number of benzene rings is 3. The molecule has 0 bridgehead atoms. The first-order valence-corrected chi connectivity index (χ1v) is 11.6. The molecule has 1 aliphatic heterocycles. The van der Waals surface area contributed by atoms with Crippen LogP contribution in [0.15, 0.2) is 72.8 Å². The lowest BCUT2D eigenvalue weighted by Crippen LogP contribution is -2.41. The second-order valence-corrected chi connectivity index (χ2v) is 9.74. The maximum atomic E-state index is 13.1. The van der Waals surface area contributed by atoms with Gasteiger partial charge in [-0.15, -0.1) is 0 Å². The van der Waals surface area contributed by atoms with Gasteiger partial charge in [0.1, 0.15) is 0 Å². The molecule has 0 aliphatic carbocycles. The quantitative estimate of drug-likeness (QED) is 0.492. The molecular weight excluding hydrogens is 425 g/mol. The van der Waals surface area contributed by atoms with Crippen LogP contribution >= 0.6 is 0 Å². The number of amides is 1. The van der Waals surface area contributed by atoms with Crippen LogP contribution in [-0.4, -0.2) is 24.2 Å². The fraction of sp³-hybridized carbons (Fsp3) is 0.321. The summed E-state index contributed by atoms with van der Waals surface area (Å²) in [6, 6.07) is 23.5. The van der Waals surface area contributed by atoms with Gasteiger partial charge in [0.05, 0.1) is 24.4 Å². The predicted octanol–water partition coefficient (Wildman–Crippen LogP) is 5.26. The molecule has 0 aromatic heterocycles. The Morgan fingerprint density at radius 1 is 0.824 bits per heavy atom. The first-order valence-electron chi connectivity index (χ1n) is 11.6. The van der Waals surface area contributed by atoms with Crippen molar-refractivity contribution in [3.63, 3.8) is 0 Å². The van der Waals surface area contributed by atoms with Crippen molar-refractivity contribution in [3.05, 3.63) is 95.1 Å². The largest absolute Gasteiger partial charge is 0.495 e. The number of ether oxygens (including phenoxy) is 1. The monoisotopic (exact) mass is 457 g/mol. The fourth-order valence-corrected chi connectivity index (χ4v) is 3.87. The minimum Gasteiger partial charge on any atom is -0.399 e. The Hall–Kier alpha value is -2.93. The number of carbonyl (C=O) groups is 1. The summed E-state index contributed by atoms with van der Waals surface area (Å²) >= 11 is 0. The Morgan fingerprint density at radius 2 is 1.41 bits per heavy atom. The van der Waals surface area contributed by atoms with Crippen LogP contribution in [0.1, 0.15) is 54.7 Å². The van der Waals surface area contributed by atoms with Crippen LogP contribution in [0.3, 0.4) is 0 Å². The van der Waals surface area contributed by atoms with E-state index in [1.54, 1.807) is 0 Å². The van der Waals surface area contributed by atoms with Crippen molar-refractivity contribution in [3.8, 4) is 0 Å². The van der Waals surface area contributed by atoms with Crippen molar-refractivity contribution < 1.29 is 18.8 Å². The molecule has 1 heterocycles. The molecule has 0 saturated carbocycles. The minimum atomic E-state index is -0.507. The van der Waals surface area contributed by atoms with Crippen LogP contribution in [0.2, 0.25) is 0 Å². The van der Waals surface area contributed by atoms with Gasteiger partial charge in [0.15, 0.2) is 0 Å². The topological polar surface area (TPSA) is 56.8 Å². The molecule has 1 saturated heterocycles. The predicted molar refractivity (Wildman–Crippen MR) is 136 cm³/mol. The van der Waals surface area contributed by atoms with E-state index in [0.717, 1.165) is 27.8 Å². The maximum absolute atomic E-state index is 13.1. The Morgan fingerprint density at radius 3 is 2.03 bits per heavy atom. The molecule has 6 heteroatoms. The van der Waals surface area contributed by atoms with Gasteiger partial charge in [-0.25, -0.2) is 0 Å². The molecule has 34 heavy (non-hydrogen) atoms. The first-order chi connectivity index (χ1) is 16.2. The molecule has 5 nitrogen and oxygen atoms in total. The summed E-state index contributed by atoms with van der Waals surface area (Å²) in [5, 5.41) is 3.00. The van der Waals surface area contributed by atoms with Gasteiger partial charge in [0.25, 0.3) is 5.91 Å². The highest BCUT2D eigenvalue weighted by Gasteiger charge is 2.52. The number of nitrogens with one attached hydrogen (secondary N) is 1. The van der Waals surface area contributed by atoms with E-state index in [2.05, 4.69) is 5.32 Å². The zero-order chi connectivity index (χ0) is 24.3. The average Bonchev–Trinajstić information content (AvgIpc) is 3.02. The van der Waals surface area contributed by atoms with Crippen molar-refractivity contribution >= 4 is 24.2 Å². The summed E-state index contributed by atoms with van der Waals surface area (Å²) in [5.41, 5.74) is 4.38. The van der Waals surface area contributed by atoms with E-state index in [-0.39, 0.29) is 5.91 Å². The van der Waals surface area contributed by atoms with E-state index in [1.165, 1.54) is 0 Å². The molecule has 1 aliphatic rings. The van der Waals surface area contributed by atoms with E-state index < -0.39 is 18.3 Å². The van der Waals surface area contributed by atoms with Crippen LogP contribution in [0.25, 0.3) is 0 Å². The van der Waals surface area contributed by atoms with Crippen molar-refractivity contribution in [2.75, 3.05) is 5.32 Å². The summed E-state index contributed by atoms with van der Waals surface area (Å²) in [6.45, 7) is 11.1. The normalized spacial score (nSPS) is 16.4. The molecule has 1 fully saturated rings. The summed E-state index contributed by atoms with van der Waals surface area (Å²) in [7, 11) is -0.507. The number of anilines is 1. The van der Waals surface area contributed by atoms with Gasteiger partial charge in [-0.2, -0.15) is 0 Å². The second kappa shape index (κ2) is 9.75. The van der Waals surface area contributed by atoms with Gasteiger partial charge >= 0.3 is 7.12 Å². The van der Waals surface area contributed by atoms with Crippen LogP contribution in [0.5, 0.6) is 0 Å². The minimum absolute atomic E-state index is 0.163. The van der Waals surface area contributed by atoms with Crippen LogP contribution < -0.4 is 10.8 Å². The van der Waals surface area contributed by atoms with Crippen LogP contribution in [0, 0.1) is 6.92 Å². The van der Waals surface area contributed by atoms with Crippen LogP contribution in [0.4, 0.5) is 5.69 Å². The molecule has 0 spiro atoms. The lowest BCUT2D eigenvalue weighted by molar-refractivity contribution is 0.00578. The highest BCUT2D eigenvalue weighted by atomic mass is 16.7. The number of rotatable bonds is 7. The first kappa shape index (κ1) is 24.2. The zero-order valence-electron chi connectivity index (χ0n) is 20.6. The van der Waals surface area contributed by atoms with Crippen molar-refractivity contribution in [1.29, 1.82) is 0 Å². The third-order valence-corrected chi connectivity index (χ3v) is 6.72. The Balaban J connectivity index is 1.39. The van der Waals surface area contributed by atoms with Gasteiger partial charge < -0.3 is 19.4 Å². The smallest absolute Gasteiger partial charge is 0.399 e. The van der Waals surface area contributed by atoms with Crippen molar-refractivity contribution in [1.82, 2.24) is 0 Å². The molecule has 1 N–H and O–H groups in total. The van der Waals surface area contributed by atoms with Gasteiger partial charge in [-0.1, -0.05) is 54.6 Å². The molecular formula is C28H32BNO4.